The molecule has 0 saturated heterocycles. The molecule has 2 aromatic heterocycles. The van der Waals surface area contributed by atoms with Gasteiger partial charge in [-0.05, 0) is 29.8 Å². The molecule has 0 spiro atoms. The van der Waals surface area contributed by atoms with Crippen LogP contribution in [0.1, 0.15) is 27.2 Å². The molecule has 0 saturated carbocycles. The number of ether oxygens (including phenoxy) is 1. The number of hydrogen-bond donors (Lipinski definition) is 0. The van der Waals surface area contributed by atoms with Crippen LogP contribution in [0.25, 0.3) is 10.9 Å². The van der Waals surface area contributed by atoms with Gasteiger partial charge in [0.25, 0.3) is 5.91 Å². The summed E-state index contributed by atoms with van der Waals surface area (Å²) in [6.45, 7) is 1.62. The van der Waals surface area contributed by atoms with E-state index in [1.54, 1.807) is 12.4 Å². The molecule has 0 bridgehead atoms. The van der Waals surface area contributed by atoms with Crippen LogP contribution < -0.4 is 4.74 Å². The largest absolute Gasteiger partial charge is 0.488 e. The number of nitrogens with zero attached hydrogens (tertiary/aromatic N) is 3. The van der Waals surface area contributed by atoms with E-state index in [0.717, 1.165) is 34.1 Å². The average Bonchev–Trinajstić information content (AvgIpc) is 3.13. The Morgan fingerprint density at radius 2 is 1.90 bits per heavy atom. The molecule has 5 rings (SSSR count). The number of carbonyl (C=O) groups is 1. The highest BCUT2D eigenvalue weighted by Gasteiger charge is 2.30. The number of amides is 1. The minimum Gasteiger partial charge on any atom is -0.488 e. The summed E-state index contributed by atoms with van der Waals surface area (Å²) in [5.41, 5.74) is 4.63. The predicted molar refractivity (Wildman–Crippen MR) is 115 cm³/mol. The molecule has 1 aliphatic heterocycles. The number of hydrogen-bond acceptors (Lipinski definition) is 4. The first-order valence-electron chi connectivity index (χ1n) is 10.1. The number of benzene rings is 2. The molecule has 2 aromatic carbocycles. The van der Waals surface area contributed by atoms with Gasteiger partial charge in [0, 0.05) is 48.5 Å². The van der Waals surface area contributed by atoms with Gasteiger partial charge < -0.3 is 9.64 Å². The van der Waals surface area contributed by atoms with Gasteiger partial charge in [-0.2, -0.15) is 0 Å². The zero-order chi connectivity index (χ0) is 20.3. The van der Waals surface area contributed by atoms with Gasteiger partial charge in [0.05, 0.1) is 11.1 Å². The van der Waals surface area contributed by atoms with Crippen molar-refractivity contribution >= 4 is 16.8 Å². The highest BCUT2D eigenvalue weighted by atomic mass is 16.5. The SMILES string of the molecule is O=C1c2c(cccc2OCc2cccnc2)CN1CCc1ccc2ccccc2n1. The second kappa shape index (κ2) is 7.95. The minimum absolute atomic E-state index is 0.0209. The van der Waals surface area contributed by atoms with Gasteiger partial charge in [-0.3, -0.25) is 14.8 Å². The number of carbonyl (C=O) groups excluding carboxylic acids is 1. The number of aromatic nitrogens is 2. The van der Waals surface area contributed by atoms with Gasteiger partial charge in [-0.25, -0.2) is 0 Å². The zero-order valence-electron chi connectivity index (χ0n) is 16.5. The standard InChI is InChI=1S/C25H21N3O2/c29-25-24-20(7-3-9-23(24)30-17-18-5-4-13-26-15-18)16-28(25)14-12-21-11-10-19-6-1-2-8-22(19)27-21/h1-11,13,15H,12,14,16-17H2. The molecule has 4 aromatic rings. The lowest BCUT2D eigenvalue weighted by molar-refractivity contribution is 0.0776. The summed E-state index contributed by atoms with van der Waals surface area (Å²) in [5.74, 6) is 0.653. The van der Waals surface area contributed by atoms with Gasteiger partial charge in [0.2, 0.25) is 0 Å². The van der Waals surface area contributed by atoms with Crippen molar-refractivity contribution in [3.63, 3.8) is 0 Å². The Morgan fingerprint density at radius 1 is 0.967 bits per heavy atom. The second-order valence-electron chi connectivity index (χ2n) is 7.41. The normalized spacial score (nSPS) is 12.9. The Labute approximate surface area is 175 Å². The van der Waals surface area contributed by atoms with Crippen molar-refractivity contribution in [1.29, 1.82) is 0 Å². The van der Waals surface area contributed by atoms with Crippen LogP contribution in [0.5, 0.6) is 5.75 Å². The van der Waals surface area contributed by atoms with Gasteiger partial charge in [0.1, 0.15) is 12.4 Å². The van der Waals surface area contributed by atoms with Crippen LogP contribution in [0, 0.1) is 0 Å². The first kappa shape index (κ1) is 18.3. The Hall–Kier alpha value is -3.73. The third-order valence-electron chi connectivity index (χ3n) is 5.39. The maximum atomic E-state index is 13.1. The highest BCUT2D eigenvalue weighted by Crippen LogP contribution is 2.31. The minimum atomic E-state index is 0.0209. The summed E-state index contributed by atoms with van der Waals surface area (Å²) in [4.78, 5) is 23.8. The van der Waals surface area contributed by atoms with Crippen LogP contribution in [-0.2, 0) is 19.6 Å². The highest BCUT2D eigenvalue weighted by molar-refractivity contribution is 6.01. The molecule has 0 unspecified atom stereocenters. The monoisotopic (exact) mass is 395 g/mol. The molecule has 5 heteroatoms. The summed E-state index contributed by atoms with van der Waals surface area (Å²) in [6.07, 6.45) is 4.22. The van der Waals surface area contributed by atoms with E-state index in [1.165, 1.54) is 0 Å². The average molecular weight is 395 g/mol. The molecular weight excluding hydrogens is 374 g/mol. The van der Waals surface area contributed by atoms with Crippen LogP contribution in [-0.4, -0.2) is 27.3 Å². The van der Waals surface area contributed by atoms with Crippen LogP contribution in [0.2, 0.25) is 0 Å². The van der Waals surface area contributed by atoms with Crippen molar-refractivity contribution in [3.8, 4) is 5.75 Å². The van der Waals surface area contributed by atoms with E-state index >= 15 is 0 Å². The van der Waals surface area contributed by atoms with E-state index in [2.05, 4.69) is 17.1 Å². The Balaban J connectivity index is 1.28. The van der Waals surface area contributed by atoms with Crippen molar-refractivity contribution in [1.82, 2.24) is 14.9 Å². The molecule has 3 heterocycles. The van der Waals surface area contributed by atoms with Crippen molar-refractivity contribution in [2.45, 2.75) is 19.6 Å². The Bertz CT molecular complexity index is 1210. The fourth-order valence-electron chi connectivity index (χ4n) is 3.83. The molecular formula is C25H21N3O2. The lowest BCUT2D eigenvalue weighted by Gasteiger charge is -2.15. The number of pyridine rings is 2. The molecule has 0 aliphatic carbocycles. The lowest BCUT2D eigenvalue weighted by Crippen LogP contribution is -2.26. The summed E-state index contributed by atoms with van der Waals surface area (Å²) in [5, 5.41) is 1.13. The molecule has 0 atom stereocenters. The van der Waals surface area contributed by atoms with E-state index in [4.69, 9.17) is 9.72 Å². The van der Waals surface area contributed by atoms with E-state index in [-0.39, 0.29) is 5.91 Å². The maximum Gasteiger partial charge on any atom is 0.258 e. The molecule has 0 N–H and O–H groups in total. The molecule has 1 aliphatic rings. The Kier molecular flexibility index (Phi) is 4.85. The molecule has 0 fully saturated rings. The van der Waals surface area contributed by atoms with E-state index in [1.807, 2.05) is 59.5 Å². The van der Waals surface area contributed by atoms with Crippen molar-refractivity contribution < 1.29 is 9.53 Å². The number of rotatable bonds is 6. The van der Waals surface area contributed by atoms with Gasteiger partial charge in [0.15, 0.2) is 0 Å². The maximum absolute atomic E-state index is 13.1. The van der Waals surface area contributed by atoms with Gasteiger partial charge in [-0.1, -0.05) is 42.5 Å². The van der Waals surface area contributed by atoms with Crippen molar-refractivity contribution in [2.75, 3.05) is 6.54 Å². The summed E-state index contributed by atoms with van der Waals surface area (Å²) >= 11 is 0. The van der Waals surface area contributed by atoms with Crippen molar-refractivity contribution in [2.24, 2.45) is 0 Å². The molecule has 30 heavy (non-hydrogen) atoms. The third-order valence-corrected chi connectivity index (χ3v) is 5.39. The van der Waals surface area contributed by atoms with Crippen LogP contribution in [0.3, 0.4) is 0 Å². The topological polar surface area (TPSA) is 55.3 Å². The van der Waals surface area contributed by atoms with E-state index in [0.29, 0.717) is 31.0 Å². The third kappa shape index (κ3) is 3.62. The first-order valence-corrected chi connectivity index (χ1v) is 10.1. The molecule has 148 valence electrons. The van der Waals surface area contributed by atoms with Gasteiger partial charge in [-0.15, -0.1) is 0 Å². The second-order valence-corrected chi connectivity index (χ2v) is 7.41. The first-order chi connectivity index (χ1) is 14.8. The quantitative estimate of drug-likeness (QED) is 0.485. The zero-order valence-corrected chi connectivity index (χ0v) is 16.5. The van der Waals surface area contributed by atoms with Crippen molar-refractivity contribution in [3.05, 3.63) is 102 Å². The molecule has 0 radical (unpaired) electrons. The number of para-hydroxylation sites is 1. The lowest BCUT2D eigenvalue weighted by atomic mass is 10.1. The Morgan fingerprint density at radius 3 is 2.80 bits per heavy atom. The molecule has 5 nitrogen and oxygen atoms in total. The van der Waals surface area contributed by atoms with E-state index < -0.39 is 0 Å². The van der Waals surface area contributed by atoms with Crippen LogP contribution in [0.4, 0.5) is 0 Å². The van der Waals surface area contributed by atoms with Crippen LogP contribution >= 0.6 is 0 Å². The predicted octanol–water partition coefficient (Wildman–Crippen LogP) is 4.41. The van der Waals surface area contributed by atoms with Crippen LogP contribution in [0.15, 0.2) is 79.1 Å². The number of fused-ring (bicyclic) bond motifs is 2. The fraction of sp³-hybridized carbons (Fsp3) is 0.160. The molecule has 1 amide bonds. The van der Waals surface area contributed by atoms with Gasteiger partial charge >= 0.3 is 0 Å². The summed E-state index contributed by atoms with van der Waals surface area (Å²) < 4.78 is 5.96. The summed E-state index contributed by atoms with van der Waals surface area (Å²) in [6, 6.07) is 21.8. The van der Waals surface area contributed by atoms with E-state index in [9.17, 15) is 4.79 Å². The summed E-state index contributed by atoms with van der Waals surface area (Å²) in [7, 11) is 0. The smallest absolute Gasteiger partial charge is 0.258 e. The fourth-order valence-corrected chi connectivity index (χ4v) is 3.83.